The summed E-state index contributed by atoms with van der Waals surface area (Å²) in [4.78, 5) is 2.51. The van der Waals surface area contributed by atoms with Gasteiger partial charge in [-0.15, -0.1) is 0 Å². The molecule has 0 saturated heterocycles. The molecule has 0 saturated carbocycles. The molecule has 0 heterocycles. The molecule has 0 fully saturated rings. The molecule has 0 aliphatic carbocycles. The van der Waals surface area contributed by atoms with E-state index in [1.807, 2.05) is 0 Å². The molecule has 1 aromatic rings. The van der Waals surface area contributed by atoms with E-state index in [-0.39, 0.29) is 0 Å². The Labute approximate surface area is 108 Å². The van der Waals surface area contributed by atoms with Crippen molar-refractivity contribution in [2.75, 3.05) is 23.3 Å². The lowest BCUT2D eigenvalue weighted by atomic mass is 10.1. The van der Waals surface area contributed by atoms with Gasteiger partial charge in [-0.3, -0.25) is 0 Å². The minimum absolute atomic E-state index is 1.08. The molecular formula is C14H22BrN. The number of nitrogens with zero attached hydrogens (tertiary/aromatic N) is 1. The van der Waals surface area contributed by atoms with Gasteiger partial charge in [0.05, 0.1) is 0 Å². The highest BCUT2D eigenvalue weighted by Gasteiger charge is 2.08. The van der Waals surface area contributed by atoms with Gasteiger partial charge in [0, 0.05) is 24.1 Å². The van der Waals surface area contributed by atoms with Gasteiger partial charge in [-0.05, 0) is 30.9 Å². The molecule has 1 aromatic carbocycles. The molecule has 0 unspecified atom stereocenters. The summed E-state index contributed by atoms with van der Waals surface area (Å²) in [6, 6.07) is 8.77. The third-order valence-electron chi connectivity index (χ3n) is 2.77. The zero-order chi connectivity index (χ0) is 11.8. The van der Waals surface area contributed by atoms with Gasteiger partial charge in [0.25, 0.3) is 0 Å². The number of anilines is 1. The molecular weight excluding hydrogens is 262 g/mol. The Morgan fingerprint density at radius 2 is 1.88 bits per heavy atom. The maximum absolute atomic E-state index is 3.51. The number of alkyl halides is 1. The molecule has 0 bridgehead atoms. The molecule has 2 heteroatoms. The summed E-state index contributed by atoms with van der Waals surface area (Å²) in [5, 5.41) is 1.08. The highest BCUT2D eigenvalue weighted by atomic mass is 79.9. The Morgan fingerprint density at radius 1 is 1.12 bits per heavy atom. The van der Waals surface area contributed by atoms with Crippen LogP contribution < -0.4 is 4.90 Å². The molecule has 0 atom stereocenters. The molecule has 0 aliphatic heterocycles. The molecule has 16 heavy (non-hydrogen) atoms. The lowest BCUT2D eigenvalue weighted by Gasteiger charge is -2.26. The number of para-hydroxylation sites is 1. The first-order valence-corrected chi connectivity index (χ1v) is 7.34. The molecule has 0 N–H and O–H groups in total. The van der Waals surface area contributed by atoms with Crippen LogP contribution in [-0.2, 0) is 6.42 Å². The fraction of sp³-hybridized carbons (Fsp3) is 0.571. The lowest BCUT2D eigenvalue weighted by molar-refractivity contribution is 0.745. The van der Waals surface area contributed by atoms with E-state index in [0.29, 0.717) is 0 Å². The fourth-order valence-corrected chi connectivity index (χ4v) is 2.24. The number of hydrogen-bond donors (Lipinski definition) is 0. The van der Waals surface area contributed by atoms with Crippen molar-refractivity contribution in [1.82, 2.24) is 0 Å². The summed E-state index contributed by atoms with van der Waals surface area (Å²) < 4.78 is 0. The van der Waals surface area contributed by atoms with Gasteiger partial charge in [0.15, 0.2) is 0 Å². The standard InChI is InChI=1S/C14H22BrN/c1-3-11-16(12-7-10-15)14-9-6-5-8-13(14)4-2/h5-6,8-9H,3-4,7,10-12H2,1-2H3. The van der Waals surface area contributed by atoms with E-state index in [9.17, 15) is 0 Å². The first-order valence-electron chi connectivity index (χ1n) is 6.22. The second-order valence-corrected chi connectivity index (χ2v) is 4.80. The van der Waals surface area contributed by atoms with Crippen LogP contribution in [0.2, 0.25) is 0 Å². The van der Waals surface area contributed by atoms with E-state index in [2.05, 4.69) is 58.9 Å². The number of aryl methyl sites for hydroxylation is 1. The predicted octanol–water partition coefficient (Wildman–Crippen LogP) is 4.25. The summed E-state index contributed by atoms with van der Waals surface area (Å²) in [6.45, 7) is 6.78. The van der Waals surface area contributed by atoms with Gasteiger partial charge in [0.1, 0.15) is 0 Å². The van der Waals surface area contributed by atoms with Crippen LogP contribution in [-0.4, -0.2) is 18.4 Å². The van der Waals surface area contributed by atoms with Gasteiger partial charge in [-0.25, -0.2) is 0 Å². The summed E-state index contributed by atoms with van der Waals surface area (Å²) in [6.07, 6.45) is 3.53. The fourth-order valence-electron chi connectivity index (χ4n) is 1.99. The average Bonchev–Trinajstić information content (AvgIpc) is 2.34. The SMILES string of the molecule is CCCN(CCCBr)c1ccccc1CC. The lowest BCUT2D eigenvalue weighted by Crippen LogP contribution is -2.26. The van der Waals surface area contributed by atoms with Gasteiger partial charge >= 0.3 is 0 Å². The third-order valence-corrected chi connectivity index (χ3v) is 3.33. The number of rotatable bonds is 7. The first-order chi connectivity index (χ1) is 7.83. The minimum atomic E-state index is 1.08. The van der Waals surface area contributed by atoms with Gasteiger partial charge in [-0.2, -0.15) is 0 Å². The molecule has 0 aromatic heterocycles. The number of halogens is 1. The van der Waals surface area contributed by atoms with E-state index in [1.54, 1.807) is 0 Å². The van der Waals surface area contributed by atoms with Crippen molar-refractivity contribution in [3.05, 3.63) is 29.8 Å². The third kappa shape index (κ3) is 3.82. The largest absolute Gasteiger partial charge is 0.371 e. The summed E-state index contributed by atoms with van der Waals surface area (Å²) in [7, 11) is 0. The highest BCUT2D eigenvalue weighted by Crippen LogP contribution is 2.21. The van der Waals surface area contributed by atoms with Crippen molar-refractivity contribution < 1.29 is 0 Å². The average molecular weight is 284 g/mol. The van der Waals surface area contributed by atoms with E-state index >= 15 is 0 Å². The molecule has 0 aliphatic rings. The second kappa shape index (κ2) is 7.72. The summed E-state index contributed by atoms with van der Waals surface area (Å²) >= 11 is 3.51. The van der Waals surface area contributed by atoms with Crippen LogP contribution in [0.5, 0.6) is 0 Å². The van der Waals surface area contributed by atoms with Crippen LogP contribution in [0.3, 0.4) is 0 Å². The minimum Gasteiger partial charge on any atom is -0.371 e. The molecule has 1 rings (SSSR count). The van der Waals surface area contributed by atoms with Crippen molar-refractivity contribution in [3.63, 3.8) is 0 Å². The summed E-state index contributed by atoms with van der Waals surface area (Å²) in [5.74, 6) is 0. The Kier molecular flexibility index (Phi) is 6.55. The maximum atomic E-state index is 3.51. The smallest absolute Gasteiger partial charge is 0.0398 e. The zero-order valence-corrected chi connectivity index (χ0v) is 12.0. The van der Waals surface area contributed by atoms with Crippen molar-refractivity contribution in [3.8, 4) is 0 Å². The van der Waals surface area contributed by atoms with Gasteiger partial charge in [0.2, 0.25) is 0 Å². The Morgan fingerprint density at radius 3 is 2.50 bits per heavy atom. The van der Waals surface area contributed by atoms with E-state index in [0.717, 1.165) is 24.8 Å². The molecule has 0 amide bonds. The first kappa shape index (κ1) is 13.6. The van der Waals surface area contributed by atoms with Crippen LogP contribution in [0, 0.1) is 0 Å². The van der Waals surface area contributed by atoms with Crippen LogP contribution >= 0.6 is 15.9 Å². The number of benzene rings is 1. The molecule has 1 nitrogen and oxygen atoms in total. The Bertz CT molecular complexity index is 299. The van der Waals surface area contributed by atoms with Crippen LogP contribution in [0.1, 0.15) is 32.3 Å². The van der Waals surface area contributed by atoms with Gasteiger partial charge < -0.3 is 4.90 Å². The van der Waals surface area contributed by atoms with E-state index < -0.39 is 0 Å². The maximum Gasteiger partial charge on any atom is 0.0398 e. The van der Waals surface area contributed by atoms with Crippen molar-refractivity contribution >= 4 is 21.6 Å². The predicted molar refractivity (Wildman–Crippen MR) is 76.7 cm³/mol. The zero-order valence-electron chi connectivity index (χ0n) is 10.4. The molecule has 0 spiro atoms. The van der Waals surface area contributed by atoms with Crippen molar-refractivity contribution in [2.45, 2.75) is 33.1 Å². The van der Waals surface area contributed by atoms with Crippen molar-refractivity contribution in [1.29, 1.82) is 0 Å². The van der Waals surface area contributed by atoms with E-state index in [1.165, 1.54) is 24.1 Å². The summed E-state index contributed by atoms with van der Waals surface area (Å²) in [5.41, 5.74) is 2.89. The quantitative estimate of drug-likeness (QED) is 0.677. The molecule has 90 valence electrons. The van der Waals surface area contributed by atoms with Crippen LogP contribution in [0.25, 0.3) is 0 Å². The Hall–Kier alpha value is -0.500. The Balaban J connectivity index is 2.81. The topological polar surface area (TPSA) is 3.24 Å². The van der Waals surface area contributed by atoms with Crippen LogP contribution in [0.15, 0.2) is 24.3 Å². The highest BCUT2D eigenvalue weighted by molar-refractivity contribution is 9.09. The second-order valence-electron chi connectivity index (χ2n) is 4.01. The van der Waals surface area contributed by atoms with Crippen LogP contribution in [0.4, 0.5) is 5.69 Å². The molecule has 0 radical (unpaired) electrons. The van der Waals surface area contributed by atoms with E-state index in [4.69, 9.17) is 0 Å². The monoisotopic (exact) mass is 283 g/mol. The van der Waals surface area contributed by atoms with Crippen molar-refractivity contribution in [2.24, 2.45) is 0 Å². The van der Waals surface area contributed by atoms with Gasteiger partial charge in [-0.1, -0.05) is 48.0 Å². The number of hydrogen-bond acceptors (Lipinski definition) is 1. The normalized spacial score (nSPS) is 10.4.